The van der Waals surface area contributed by atoms with Crippen LogP contribution >= 0.6 is 15.9 Å². The molecule has 1 aliphatic heterocycles. The minimum atomic E-state index is -0.221. The first-order chi connectivity index (χ1) is 9.22. The fraction of sp³-hybridized carbons (Fsp3) is 0.667. The topological polar surface area (TPSA) is 79.2 Å². The van der Waals surface area contributed by atoms with Gasteiger partial charge in [-0.15, -0.1) is 0 Å². The summed E-state index contributed by atoms with van der Waals surface area (Å²) in [6.45, 7) is 3.13. The number of nitrogens with zero attached hydrogens (tertiary/aromatic N) is 2. The summed E-state index contributed by atoms with van der Waals surface area (Å²) in [5, 5.41) is 19.4. The second-order valence-corrected chi connectivity index (χ2v) is 5.49. The highest BCUT2D eigenvalue weighted by atomic mass is 79.9. The summed E-state index contributed by atoms with van der Waals surface area (Å²) in [5.41, 5.74) is 0.492. The van der Waals surface area contributed by atoms with Gasteiger partial charge in [-0.3, -0.25) is 4.79 Å². The van der Waals surface area contributed by atoms with E-state index in [0.717, 1.165) is 26.1 Å². The first kappa shape index (κ1) is 14.5. The molecule has 1 fully saturated rings. The van der Waals surface area contributed by atoms with E-state index in [9.17, 15) is 4.79 Å². The molecular weight excluding hydrogens is 312 g/mol. The van der Waals surface area contributed by atoms with Crippen LogP contribution in [0.5, 0.6) is 0 Å². The molecule has 19 heavy (non-hydrogen) atoms. The predicted molar refractivity (Wildman–Crippen MR) is 77.4 cm³/mol. The summed E-state index contributed by atoms with van der Waals surface area (Å²) in [7, 11) is 0. The maximum atomic E-state index is 11.9. The van der Waals surface area contributed by atoms with Crippen LogP contribution in [0.25, 0.3) is 0 Å². The fourth-order valence-corrected chi connectivity index (χ4v) is 2.66. The highest BCUT2D eigenvalue weighted by Gasteiger charge is 2.14. The third-order valence-corrected chi connectivity index (χ3v) is 4.09. The standard InChI is InChI=1S/C12H19BrN4O2/c13-11-10(8-16-17(5-6-18)12(11)19)15-4-2-9-1-3-14-7-9/h8-9,14-15,18H,1-7H2. The Bertz CT molecular complexity index is 471. The number of anilines is 1. The average molecular weight is 331 g/mol. The van der Waals surface area contributed by atoms with Gasteiger partial charge < -0.3 is 15.7 Å². The Morgan fingerprint density at radius 3 is 3.16 bits per heavy atom. The van der Waals surface area contributed by atoms with E-state index in [1.54, 1.807) is 6.20 Å². The Hall–Kier alpha value is -0.920. The average Bonchev–Trinajstić information content (AvgIpc) is 2.91. The van der Waals surface area contributed by atoms with Crippen molar-refractivity contribution in [3.05, 3.63) is 21.0 Å². The summed E-state index contributed by atoms with van der Waals surface area (Å²) in [6, 6.07) is 0. The van der Waals surface area contributed by atoms with Crippen molar-refractivity contribution in [2.45, 2.75) is 19.4 Å². The molecule has 0 bridgehead atoms. The highest BCUT2D eigenvalue weighted by Crippen LogP contribution is 2.17. The van der Waals surface area contributed by atoms with Gasteiger partial charge in [0.1, 0.15) is 4.47 Å². The molecule has 6 nitrogen and oxygen atoms in total. The minimum absolute atomic E-state index is 0.0964. The lowest BCUT2D eigenvalue weighted by molar-refractivity contribution is 0.266. The van der Waals surface area contributed by atoms with E-state index >= 15 is 0 Å². The molecule has 2 heterocycles. The molecule has 0 spiro atoms. The molecule has 1 unspecified atom stereocenters. The van der Waals surface area contributed by atoms with E-state index in [-0.39, 0.29) is 18.7 Å². The van der Waals surface area contributed by atoms with Crippen molar-refractivity contribution in [3.8, 4) is 0 Å². The maximum Gasteiger partial charge on any atom is 0.283 e. The second-order valence-electron chi connectivity index (χ2n) is 4.70. The van der Waals surface area contributed by atoms with Crippen molar-refractivity contribution in [1.29, 1.82) is 0 Å². The fourth-order valence-electron chi connectivity index (χ4n) is 2.21. The van der Waals surface area contributed by atoms with Crippen molar-refractivity contribution in [1.82, 2.24) is 15.1 Å². The van der Waals surface area contributed by atoms with Crippen molar-refractivity contribution in [2.75, 3.05) is 31.6 Å². The molecule has 0 aromatic carbocycles. The molecule has 0 aliphatic carbocycles. The molecule has 0 saturated carbocycles. The number of aromatic nitrogens is 2. The van der Waals surface area contributed by atoms with Gasteiger partial charge in [-0.05, 0) is 47.8 Å². The van der Waals surface area contributed by atoms with E-state index < -0.39 is 0 Å². The molecule has 1 aromatic rings. The first-order valence-electron chi connectivity index (χ1n) is 6.53. The van der Waals surface area contributed by atoms with E-state index in [1.807, 2.05) is 0 Å². The van der Waals surface area contributed by atoms with Gasteiger partial charge in [0.15, 0.2) is 0 Å². The lowest BCUT2D eigenvalue weighted by atomic mass is 10.1. The van der Waals surface area contributed by atoms with Crippen LogP contribution in [-0.2, 0) is 6.54 Å². The van der Waals surface area contributed by atoms with E-state index in [1.165, 1.54) is 11.1 Å². The largest absolute Gasteiger partial charge is 0.394 e. The van der Waals surface area contributed by atoms with Crippen molar-refractivity contribution < 1.29 is 5.11 Å². The molecule has 0 radical (unpaired) electrons. The van der Waals surface area contributed by atoms with Crippen LogP contribution in [0.1, 0.15) is 12.8 Å². The molecule has 0 amide bonds. The van der Waals surface area contributed by atoms with Gasteiger partial charge in [-0.25, -0.2) is 4.68 Å². The van der Waals surface area contributed by atoms with Gasteiger partial charge in [0.25, 0.3) is 5.56 Å². The zero-order valence-corrected chi connectivity index (χ0v) is 12.3. The van der Waals surface area contributed by atoms with Crippen LogP contribution < -0.4 is 16.2 Å². The zero-order valence-electron chi connectivity index (χ0n) is 10.7. The van der Waals surface area contributed by atoms with Gasteiger partial charge in [-0.2, -0.15) is 5.10 Å². The maximum absolute atomic E-state index is 11.9. The molecular formula is C12H19BrN4O2. The van der Waals surface area contributed by atoms with Crippen LogP contribution in [0.15, 0.2) is 15.5 Å². The molecule has 1 saturated heterocycles. The monoisotopic (exact) mass is 330 g/mol. The molecule has 2 rings (SSSR count). The van der Waals surface area contributed by atoms with Crippen LogP contribution in [-0.4, -0.2) is 41.1 Å². The third kappa shape index (κ3) is 3.77. The lowest BCUT2D eigenvalue weighted by Gasteiger charge is -2.12. The second kappa shape index (κ2) is 7.02. The summed E-state index contributed by atoms with van der Waals surface area (Å²) < 4.78 is 1.72. The van der Waals surface area contributed by atoms with Crippen molar-refractivity contribution in [2.24, 2.45) is 5.92 Å². The first-order valence-corrected chi connectivity index (χ1v) is 7.32. The third-order valence-electron chi connectivity index (χ3n) is 3.33. The normalized spacial score (nSPS) is 18.7. The summed E-state index contributed by atoms with van der Waals surface area (Å²) in [5.74, 6) is 0.717. The van der Waals surface area contributed by atoms with Gasteiger partial charge in [0.05, 0.1) is 25.0 Å². The Balaban J connectivity index is 1.92. The van der Waals surface area contributed by atoms with Gasteiger partial charge in [0, 0.05) is 6.54 Å². The van der Waals surface area contributed by atoms with E-state index in [0.29, 0.717) is 16.1 Å². The molecule has 3 N–H and O–H groups in total. The molecule has 106 valence electrons. The zero-order chi connectivity index (χ0) is 13.7. The Morgan fingerprint density at radius 1 is 1.63 bits per heavy atom. The van der Waals surface area contributed by atoms with Crippen LogP contribution in [0.2, 0.25) is 0 Å². The molecule has 1 aromatic heterocycles. The SMILES string of the molecule is O=c1c(Br)c(NCCC2CCNC2)cnn1CCO. The van der Waals surface area contributed by atoms with Crippen LogP contribution in [0.3, 0.4) is 0 Å². The van der Waals surface area contributed by atoms with Gasteiger partial charge in [-0.1, -0.05) is 0 Å². The summed E-state index contributed by atoms with van der Waals surface area (Å²) >= 11 is 3.28. The van der Waals surface area contributed by atoms with E-state index in [2.05, 4.69) is 31.7 Å². The highest BCUT2D eigenvalue weighted by molar-refractivity contribution is 9.10. The Kier molecular flexibility index (Phi) is 5.35. The molecule has 1 aliphatic rings. The van der Waals surface area contributed by atoms with Gasteiger partial charge in [0.2, 0.25) is 0 Å². The van der Waals surface area contributed by atoms with Crippen molar-refractivity contribution >= 4 is 21.6 Å². The minimum Gasteiger partial charge on any atom is -0.394 e. The number of halogens is 1. The predicted octanol–water partition coefficient (Wildman–Crippen LogP) is 0.410. The van der Waals surface area contributed by atoms with Crippen molar-refractivity contribution in [3.63, 3.8) is 0 Å². The van der Waals surface area contributed by atoms with Crippen LogP contribution in [0, 0.1) is 5.92 Å². The number of rotatable bonds is 6. The summed E-state index contributed by atoms with van der Waals surface area (Å²) in [4.78, 5) is 11.9. The van der Waals surface area contributed by atoms with Crippen LogP contribution in [0.4, 0.5) is 5.69 Å². The number of hydrogen-bond acceptors (Lipinski definition) is 5. The number of hydrogen-bond donors (Lipinski definition) is 3. The van der Waals surface area contributed by atoms with E-state index in [4.69, 9.17) is 5.11 Å². The lowest BCUT2D eigenvalue weighted by Crippen LogP contribution is -2.26. The van der Waals surface area contributed by atoms with Gasteiger partial charge >= 0.3 is 0 Å². The summed E-state index contributed by atoms with van der Waals surface area (Å²) in [6.07, 6.45) is 3.92. The molecule has 1 atom stereocenters. The number of nitrogens with one attached hydrogen (secondary N) is 2. The Morgan fingerprint density at radius 2 is 2.47 bits per heavy atom. The quantitative estimate of drug-likeness (QED) is 0.704. The number of aliphatic hydroxyl groups excluding tert-OH is 1. The Labute approximate surface area is 120 Å². The number of aliphatic hydroxyl groups is 1. The molecule has 7 heteroatoms. The smallest absolute Gasteiger partial charge is 0.283 e.